The number of hydrogen-bond donors (Lipinski definition) is 1. The van der Waals surface area contributed by atoms with Crippen LogP contribution >= 0.6 is 0 Å². The second-order valence-electron chi connectivity index (χ2n) is 7.99. The zero-order valence-corrected chi connectivity index (χ0v) is 16.3. The van der Waals surface area contributed by atoms with Crippen LogP contribution in [0.5, 0.6) is 0 Å². The predicted molar refractivity (Wildman–Crippen MR) is 105 cm³/mol. The summed E-state index contributed by atoms with van der Waals surface area (Å²) in [4.78, 5) is 30.8. The van der Waals surface area contributed by atoms with Crippen molar-refractivity contribution in [3.05, 3.63) is 40.8 Å². The zero-order valence-electron chi connectivity index (χ0n) is 16.3. The van der Waals surface area contributed by atoms with Crippen molar-refractivity contribution in [2.24, 2.45) is 0 Å². The number of carbonyl (C=O) groups is 1. The first-order chi connectivity index (χ1) is 12.8. The molecule has 0 radical (unpaired) electrons. The Morgan fingerprint density at radius 1 is 1.22 bits per heavy atom. The quantitative estimate of drug-likeness (QED) is 0.892. The number of rotatable bonds is 4. The van der Waals surface area contributed by atoms with Crippen LogP contribution < -0.4 is 10.9 Å². The van der Waals surface area contributed by atoms with Crippen molar-refractivity contribution in [3.8, 4) is 0 Å². The molecule has 0 atom stereocenters. The molecule has 146 valence electrons. The van der Waals surface area contributed by atoms with Crippen LogP contribution in [0.1, 0.15) is 33.6 Å². The van der Waals surface area contributed by atoms with Crippen molar-refractivity contribution in [2.45, 2.75) is 51.8 Å². The summed E-state index contributed by atoms with van der Waals surface area (Å²) in [6.45, 7) is 8.79. The predicted octanol–water partition coefficient (Wildman–Crippen LogP) is 2.39. The third-order valence-electron chi connectivity index (χ3n) is 4.71. The minimum Gasteiger partial charge on any atom is -0.444 e. The molecule has 1 saturated heterocycles. The molecule has 7 heteroatoms. The Labute approximate surface area is 159 Å². The van der Waals surface area contributed by atoms with Crippen LogP contribution in [-0.2, 0) is 11.3 Å². The number of hydrogen-bond acceptors (Lipinski definition) is 5. The molecule has 2 aromatic rings. The van der Waals surface area contributed by atoms with Gasteiger partial charge in [0, 0.05) is 44.5 Å². The molecule has 3 heterocycles. The van der Waals surface area contributed by atoms with E-state index in [0.29, 0.717) is 6.54 Å². The molecule has 0 bridgehead atoms. The van der Waals surface area contributed by atoms with E-state index >= 15 is 0 Å². The molecule has 27 heavy (non-hydrogen) atoms. The highest BCUT2D eigenvalue weighted by Gasteiger charge is 2.23. The van der Waals surface area contributed by atoms with Gasteiger partial charge in [-0.05, 0) is 51.8 Å². The minimum atomic E-state index is -0.481. The topological polar surface area (TPSA) is 76.5 Å². The van der Waals surface area contributed by atoms with Crippen LogP contribution in [0.4, 0.5) is 4.79 Å². The average molecular weight is 372 g/mol. The lowest BCUT2D eigenvalue weighted by atomic mass is 10.1. The smallest absolute Gasteiger partial charge is 0.407 e. The molecule has 0 unspecified atom stereocenters. The van der Waals surface area contributed by atoms with Crippen molar-refractivity contribution in [3.63, 3.8) is 0 Å². The van der Waals surface area contributed by atoms with Gasteiger partial charge in [0.15, 0.2) is 0 Å². The van der Waals surface area contributed by atoms with Crippen LogP contribution in [0.25, 0.3) is 11.0 Å². The van der Waals surface area contributed by atoms with Gasteiger partial charge in [0.25, 0.3) is 5.56 Å². The van der Waals surface area contributed by atoms with E-state index in [4.69, 9.17) is 4.74 Å². The van der Waals surface area contributed by atoms with E-state index in [1.54, 1.807) is 22.9 Å². The maximum Gasteiger partial charge on any atom is 0.407 e. The summed E-state index contributed by atoms with van der Waals surface area (Å²) >= 11 is 0. The van der Waals surface area contributed by atoms with Crippen molar-refractivity contribution >= 4 is 17.1 Å². The molecule has 1 fully saturated rings. The highest BCUT2D eigenvalue weighted by atomic mass is 16.6. The summed E-state index contributed by atoms with van der Waals surface area (Å²) in [5.41, 5.74) is 1.21. The number of fused-ring (bicyclic) bond motifs is 1. The summed E-state index contributed by atoms with van der Waals surface area (Å²) < 4.78 is 7.10. The van der Waals surface area contributed by atoms with E-state index < -0.39 is 5.60 Å². The van der Waals surface area contributed by atoms with Crippen molar-refractivity contribution in [1.82, 2.24) is 19.8 Å². The average Bonchev–Trinajstić information content (AvgIpc) is 2.60. The van der Waals surface area contributed by atoms with Gasteiger partial charge in [0.05, 0.1) is 11.0 Å². The largest absolute Gasteiger partial charge is 0.444 e. The molecule has 3 rings (SSSR count). The molecule has 1 aliphatic rings. The molecular formula is C20H28N4O3. The van der Waals surface area contributed by atoms with Crippen molar-refractivity contribution in [1.29, 1.82) is 0 Å². The second-order valence-corrected chi connectivity index (χ2v) is 7.99. The molecule has 0 aromatic carbocycles. The summed E-state index contributed by atoms with van der Waals surface area (Å²) in [5, 5.41) is 2.95. The van der Waals surface area contributed by atoms with E-state index in [2.05, 4.69) is 15.2 Å². The summed E-state index contributed by atoms with van der Waals surface area (Å²) in [6.07, 6.45) is 3.14. The van der Waals surface area contributed by atoms with Gasteiger partial charge in [-0.3, -0.25) is 9.78 Å². The number of nitrogens with one attached hydrogen (secondary N) is 1. The van der Waals surface area contributed by atoms with Gasteiger partial charge in [0.2, 0.25) is 0 Å². The van der Waals surface area contributed by atoms with Gasteiger partial charge in [0.1, 0.15) is 5.60 Å². The third-order valence-corrected chi connectivity index (χ3v) is 4.71. The normalized spacial score (nSPS) is 16.4. The lowest BCUT2D eigenvalue weighted by molar-refractivity contribution is 0.0478. The lowest BCUT2D eigenvalue weighted by Crippen LogP contribution is -2.46. The van der Waals surface area contributed by atoms with E-state index in [-0.39, 0.29) is 17.7 Å². The van der Waals surface area contributed by atoms with Gasteiger partial charge in [-0.15, -0.1) is 0 Å². The van der Waals surface area contributed by atoms with Gasteiger partial charge >= 0.3 is 6.09 Å². The molecule has 1 aliphatic heterocycles. The van der Waals surface area contributed by atoms with Crippen LogP contribution in [-0.4, -0.2) is 51.8 Å². The molecular weight excluding hydrogens is 344 g/mol. The Morgan fingerprint density at radius 3 is 2.67 bits per heavy atom. The number of carbonyl (C=O) groups excluding carboxylic acids is 1. The number of alkyl carbamates (subject to hydrolysis) is 1. The number of ether oxygens (including phenoxy) is 1. The fourth-order valence-corrected chi connectivity index (χ4v) is 3.37. The first kappa shape index (κ1) is 19.4. The Bertz CT molecular complexity index is 848. The number of amides is 1. The summed E-state index contributed by atoms with van der Waals surface area (Å²) in [5.74, 6) is 0. The molecule has 1 N–H and O–H groups in total. The standard InChI is InChI=1S/C20H28N4O3/c1-20(2,3)27-19(26)22-15-8-11-23(12-9-15)13-14-24-17-5-4-10-21-16(17)6-7-18(24)25/h4-7,10,15H,8-9,11-14H2,1-3H3,(H,22,26). The molecule has 0 aliphatic carbocycles. The number of pyridine rings is 2. The van der Waals surface area contributed by atoms with Crippen molar-refractivity contribution in [2.75, 3.05) is 19.6 Å². The molecule has 0 spiro atoms. The Balaban J connectivity index is 1.51. The molecule has 7 nitrogen and oxygen atoms in total. The maximum absolute atomic E-state index is 12.2. The first-order valence-corrected chi connectivity index (χ1v) is 9.48. The fraction of sp³-hybridized carbons (Fsp3) is 0.550. The minimum absolute atomic E-state index is 0.00280. The molecule has 1 amide bonds. The summed E-state index contributed by atoms with van der Waals surface area (Å²) in [6, 6.07) is 7.27. The van der Waals surface area contributed by atoms with E-state index in [1.165, 1.54) is 0 Å². The molecule has 2 aromatic heterocycles. The zero-order chi connectivity index (χ0) is 19.4. The third kappa shape index (κ3) is 5.29. The van der Waals surface area contributed by atoms with Crippen LogP contribution in [0, 0.1) is 0 Å². The van der Waals surface area contributed by atoms with Gasteiger partial charge in [-0.1, -0.05) is 0 Å². The summed E-state index contributed by atoms with van der Waals surface area (Å²) in [7, 11) is 0. The van der Waals surface area contributed by atoms with Crippen LogP contribution in [0.15, 0.2) is 35.3 Å². The number of piperidine rings is 1. The fourth-order valence-electron chi connectivity index (χ4n) is 3.37. The van der Waals surface area contributed by atoms with Crippen LogP contribution in [0.3, 0.4) is 0 Å². The van der Waals surface area contributed by atoms with Gasteiger partial charge < -0.3 is 19.5 Å². The molecule has 0 saturated carbocycles. The lowest BCUT2D eigenvalue weighted by Gasteiger charge is -2.33. The van der Waals surface area contributed by atoms with Crippen molar-refractivity contribution < 1.29 is 9.53 Å². The van der Waals surface area contributed by atoms with Gasteiger partial charge in [-0.2, -0.15) is 0 Å². The van der Waals surface area contributed by atoms with E-state index in [0.717, 1.165) is 43.5 Å². The Morgan fingerprint density at radius 2 is 1.96 bits per heavy atom. The van der Waals surface area contributed by atoms with Gasteiger partial charge in [-0.25, -0.2) is 4.79 Å². The Kier molecular flexibility index (Phi) is 5.79. The van der Waals surface area contributed by atoms with E-state index in [9.17, 15) is 9.59 Å². The Hall–Kier alpha value is -2.41. The highest BCUT2D eigenvalue weighted by molar-refractivity contribution is 5.73. The number of aromatic nitrogens is 2. The van der Waals surface area contributed by atoms with E-state index in [1.807, 2.05) is 32.9 Å². The first-order valence-electron chi connectivity index (χ1n) is 9.48. The second kappa shape index (κ2) is 8.08. The number of likely N-dealkylation sites (tertiary alicyclic amines) is 1. The maximum atomic E-state index is 12.2. The van der Waals surface area contributed by atoms with Crippen LogP contribution in [0.2, 0.25) is 0 Å². The monoisotopic (exact) mass is 372 g/mol. The highest BCUT2D eigenvalue weighted by Crippen LogP contribution is 2.13. The SMILES string of the molecule is CC(C)(C)OC(=O)NC1CCN(CCn2c(=O)ccc3ncccc32)CC1. The number of nitrogens with zero attached hydrogens (tertiary/aromatic N) is 3.